The molecule has 0 bridgehead atoms. The third-order valence-electron chi connectivity index (χ3n) is 5.66. The van der Waals surface area contributed by atoms with Crippen LogP contribution in [0.2, 0.25) is 0 Å². The van der Waals surface area contributed by atoms with E-state index in [1.165, 1.54) is 21.1 Å². The summed E-state index contributed by atoms with van der Waals surface area (Å²) in [5, 5.41) is 0.0368. The van der Waals surface area contributed by atoms with Crippen LogP contribution in [0.4, 0.5) is 0 Å². The summed E-state index contributed by atoms with van der Waals surface area (Å²) in [6, 6.07) is 0. The topological polar surface area (TPSA) is 102 Å². The number of methoxy groups -OCH3 is 1. The minimum Gasteiger partial charge on any atom is -0.384 e. The van der Waals surface area contributed by atoms with Crippen LogP contribution in [0.25, 0.3) is 0 Å². The molecule has 0 amide bonds. The standard InChI is InChI=1S/C15H26N4O5S2/c1-12-16-14(9-17(12)2)26(22,23)18-6-5-15(11-24-3)10-19(25(4,20)21)8-13(15)7-18/h9,13H,5-8,10-11H2,1-4H3. The summed E-state index contributed by atoms with van der Waals surface area (Å²) < 4.78 is 59.9. The average molecular weight is 407 g/mol. The number of rotatable bonds is 5. The molecule has 0 radical (unpaired) electrons. The molecule has 0 saturated carbocycles. The van der Waals surface area contributed by atoms with Crippen molar-refractivity contribution in [2.75, 3.05) is 46.2 Å². The Morgan fingerprint density at radius 2 is 1.92 bits per heavy atom. The maximum absolute atomic E-state index is 13.0. The first kappa shape index (κ1) is 19.7. The molecule has 148 valence electrons. The van der Waals surface area contributed by atoms with E-state index in [0.29, 0.717) is 38.5 Å². The Bertz CT molecular complexity index is 876. The van der Waals surface area contributed by atoms with Gasteiger partial charge in [-0.1, -0.05) is 0 Å². The van der Waals surface area contributed by atoms with Crippen LogP contribution in [0.1, 0.15) is 12.2 Å². The minimum atomic E-state index is -3.70. The number of ether oxygens (including phenoxy) is 1. The number of imidazole rings is 1. The summed E-state index contributed by atoms with van der Waals surface area (Å²) in [7, 11) is -3.69. The summed E-state index contributed by atoms with van der Waals surface area (Å²) in [6.07, 6.45) is 3.26. The largest absolute Gasteiger partial charge is 0.384 e. The molecule has 2 saturated heterocycles. The highest BCUT2D eigenvalue weighted by Gasteiger charge is 2.53. The lowest BCUT2D eigenvalue weighted by Gasteiger charge is -2.42. The fraction of sp³-hybridized carbons (Fsp3) is 0.800. The third-order valence-corrected chi connectivity index (χ3v) is 8.61. The molecule has 1 aromatic heterocycles. The van der Waals surface area contributed by atoms with Crippen molar-refractivity contribution in [2.24, 2.45) is 18.4 Å². The minimum absolute atomic E-state index is 0.0368. The van der Waals surface area contributed by atoms with Crippen molar-refractivity contribution in [3.63, 3.8) is 0 Å². The van der Waals surface area contributed by atoms with Crippen molar-refractivity contribution < 1.29 is 21.6 Å². The first-order valence-electron chi connectivity index (χ1n) is 8.44. The molecular formula is C15H26N4O5S2. The number of sulfonamides is 2. The lowest BCUT2D eigenvalue weighted by atomic mass is 9.74. The Hall–Kier alpha value is -1.01. The van der Waals surface area contributed by atoms with E-state index in [0.717, 1.165) is 0 Å². The van der Waals surface area contributed by atoms with Crippen molar-refractivity contribution in [3.05, 3.63) is 12.0 Å². The van der Waals surface area contributed by atoms with Gasteiger partial charge < -0.3 is 9.30 Å². The SMILES string of the molecule is COCC12CCN(S(=O)(=O)c3cn(C)c(C)n3)CC1CN(S(C)(=O)=O)C2. The molecule has 2 aliphatic rings. The zero-order valence-corrected chi connectivity index (χ0v) is 17.2. The second-order valence-electron chi connectivity index (χ2n) is 7.40. The second-order valence-corrected chi connectivity index (χ2v) is 11.3. The van der Waals surface area contributed by atoms with Gasteiger partial charge in [0.15, 0.2) is 5.03 Å². The van der Waals surface area contributed by atoms with Crippen LogP contribution >= 0.6 is 0 Å². The number of fused-ring (bicyclic) bond motifs is 1. The zero-order valence-electron chi connectivity index (χ0n) is 15.5. The van der Waals surface area contributed by atoms with Crippen LogP contribution in [0.5, 0.6) is 0 Å². The molecule has 9 nitrogen and oxygen atoms in total. The van der Waals surface area contributed by atoms with E-state index >= 15 is 0 Å². The van der Waals surface area contributed by atoms with Crippen LogP contribution in [-0.2, 0) is 31.8 Å². The number of aromatic nitrogens is 2. The molecule has 0 aromatic carbocycles. The molecule has 11 heteroatoms. The molecule has 2 aliphatic heterocycles. The van der Waals surface area contributed by atoms with Crippen molar-refractivity contribution >= 4 is 20.0 Å². The second kappa shape index (κ2) is 6.55. The number of nitrogens with zero attached hydrogens (tertiary/aromatic N) is 4. The van der Waals surface area contributed by atoms with E-state index in [1.807, 2.05) is 0 Å². The van der Waals surface area contributed by atoms with Gasteiger partial charge in [-0.25, -0.2) is 26.1 Å². The fourth-order valence-electron chi connectivity index (χ4n) is 3.98. The van der Waals surface area contributed by atoms with Crippen molar-refractivity contribution in [3.8, 4) is 0 Å². The van der Waals surface area contributed by atoms with E-state index in [4.69, 9.17) is 4.74 Å². The summed E-state index contributed by atoms with van der Waals surface area (Å²) in [6.45, 7) is 3.46. The molecule has 2 fully saturated rings. The lowest BCUT2D eigenvalue weighted by Crippen LogP contribution is -2.50. The molecule has 0 spiro atoms. The molecule has 3 heterocycles. The highest BCUT2D eigenvalue weighted by atomic mass is 32.2. The van der Waals surface area contributed by atoms with Crippen molar-refractivity contribution in [1.82, 2.24) is 18.2 Å². The summed E-state index contributed by atoms with van der Waals surface area (Å²) >= 11 is 0. The van der Waals surface area contributed by atoms with E-state index in [-0.39, 0.29) is 22.9 Å². The molecule has 3 rings (SSSR count). The van der Waals surface area contributed by atoms with Crippen LogP contribution in [0.15, 0.2) is 11.2 Å². The third kappa shape index (κ3) is 3.31. The van der Waals surface area contributed by atoms with Gasteiger partial charge in [0.05, 0.1) is 12.9 Å². The van der Waals surface area contributed by atoms with Gasteiger partial charge in [-0.2, -0.15) is 4.31 Å². The maximum Gasteiger partial charge on any atom is 0.262 e. The fourth-order valence-corrected chi connectivity index (χ4v) is 6.43. The monoisotopic (exact) mass is 406 g/mol. The van der Waals surface area contributed by atoms with Crippen LogP contribution in [0.3, 0.4) is 0 Å². The lowest BCUT2D eigenvalue weighted by molar-refractivity contribution is 0.0208. The molecular weight excluding hydrogens is 380 g/mol. The van der Waals surface area contributed by atoms with Gasteiger partial charge in [-0.15, -0.1) is 0 Å². The quantitative estimate of drug-likeness (QED) is 0.662. The zero-order chi connectivity index (χ0) is 19.3. The van der Waals surface area contributed by atoms with Crippen LogP contribution in [-0.4, -0.2) is 81.1 Å². The van der Waals surface area contributed by atoms with Gasteiger partial charge in [0.2, 0.25) is 10.0 Å². The maximum atomic E-state index is 13.0. The Morgan fingerprint density at radius 3 is 2.46 bits per heavy atom. The number of aryl methyl sites for hydroxylation is 2. The number of piperidine rings is 1. The predicted molar refractivity (Wildman–Crippen MR) is 95.5 cm³/mol. The summed E-state index contributed by atoms with van der Waals surface area (Å²) in [4.78, 5) is 4.15. The molecule has 0 N–H and O–H groups in total. The molecule has 2 atom stereocenters. The van der Waals surface area contributed by atoms with Gasteiger partial charge in [0, 0.05) is 51.9 Å². The van der Waals surface area contributed by atoms with Gasteiger partial charge in [-0.3, -0.25) is 0 Å². The van der Waals surface area contributed by atoms with Crippen molar-refractivity contribution in [1.29, 1.82) is 0 Å². The normalized spacial score (nSPS) is 28.4. The van der Waals surface area contributed by atoms with E-state index in [1.54, 1.807) is 25.6 Å². The molecule has 26 heavy (non-hydrogen) atoms. The van der Waals surface area contributed by atoms with Gasteiger partial charge in [0.25, 0.3) is 10.0 Å². The Labute approximate surface area is 155 Å². The summed E-state index contributed by atoms with van der Waals surface area (Å²) in [5.74, 6) is 0.518. The summed E-state index contributed by atoms with van der Waals surface area (Å²) in [5.41, 5.74) is -0.343. The van der Waals surface area contributed by atoms with Crippen LogP contribution < -0.4 is 0 Å². The van der Waals surface area contributed by atoms with Gasteiger partial charge >= 0.3 is 0 Å². The Kier molecular flexibility index (Phi) is 4.98. The predicted octanol–water partition coefficient (Wildman–Crippen LogP) is -0.353. The average Bonchev–Trinajstić information content (AvgIpc) is 3.08. The van der Waals surface area contributed by atoms with Crippen molar-refractivity contribution in [2.45, 2.75) is 18.4 Å². The number of hydrogen-bond acceptors (Lipinski definition) is 6. The number of hydrogen-bond donors (Lipinski definition) is 0. The van der Waals surface area contributed by atoms with Gasteiger partial charge in [0.1, 0.15) is 5.82 Å². The van der Waals surface area contributed by atoms with Gasteiger partial charge in [-0.05, 0) is 19.3 Å². The highest BCUT2D eigenvalue weighted by molar-refractivity contribution is 7.89. The molecule has 2 unspecified atom stereocenters. The first-order chi connectivity index (χ1) is 12.0. The van der Waals surface area contributed by atoms with E-state index in [9.17, 15) is 16.8 Å². The Morgan fingerprint density at radius 1 is 1.27 bits per heavy atom. The molecule has 1 aromatic rings. The highest BCUT2D eigenvalue weighted by Crippen LogP contribution is 2.44. The van der Waals surface area contributed by atoms with Crippen LogP contribution in [0, 0.1) is 18.3 Å². The smallest absolute Gasteiger partial charge is 0.262 e. The molecule has 0 aliphatic carbocycles. The van der Waals surface area contributed by atoms with E-state index in [2.05, 4.69) is 4.98 Å². The first-order valence-corrected chi connectivity index (χ1v) is 11.7. The Balaban J connectivity index is 1.88. The van der Waals surface area contributed by atoms with E-state index < -0.39 is 20.0 Å².